The molecule has 0 unspecified atom stereocenters. The molecule has 1 aliphatic carbocycles. The standard InChI is InChI=1S/C23H22FN5O3/c24-19-5-1-2-6-21(19)28-20-7-3-4-18(20)22(25-28)23(30)27-14-12-26(13-15-27)16-8-10-17(11-9-16)29(31)32/h1-2,5-6,8-11H,3-4,7,12-15H2. The Labute approximate surface area is 184 Å². The quantitative estimate of drug-likeness (QED) is 0.463. The second-order valence-electron chi connectivity index (χ2n) is 8.04. The van der Waals surface area contributed by atoms with Crippen molar-refractivity contribution in [2.75, 3.05) is 31.1 Å². The Balaban J connectivity index is 1.33. The molecule has 1 saturated heterocycles. The molecular weight excluding hydrogens is 413 g/mol. The third kappa shape index (κ3) is 3.49. The van der Waals surface area contributed by atoms with Crippen molar-refractivity contribution in [3.05, 3.63) is 81.4 Å². The van der Waals surface area contributed by atoms with E-state index in [1.54, 1.807) is 39.9 Å². The molecule has 8 nitrogen and oxygen atoms in total. The van der Waals surface area contributed by atoms with Gasteiger partial charge in [-0.1, -0.05) is 12.1 Å². The first kappa shape index (κ1) is 20.2. The van der Waals surface area contributed by atoms with Gasteiger partial charge < -0.3 is 9.80 Å². The van der Waals surface area contributed by atoms with E-state index in [1.807, 2.05) is 0 Å². The molecular formula is C23H22FN5O3. The average Bonchev–Trinajstić information content (AvgIpc) is 3.42. The lowest BCUT2D eigenvalue weighted by Gasteiger charge is -2.35. The largest absolute Gasteiger partial charge is 0.368 e. The van der Waals surface area contributed by atoms with Crippen molar-refractivity contribution in [1.29, 1.82) is 0 Å². The van der Waals surface area contributed by atoms with Crippen LogP contribution in [0.2, 0.25) is 0 Å². The van der Waals surface area contributed by atoms with Crippen molar-refractivity contribution in [2.45, 2.75) is 19.3 Å². The van der Waals surface area contributed by atoms with Crippen LogP contribution in [0, 0.1) is 15.9 Å². The number of aromatic nitrogens is 2. The molecule has 1 aromatic heterocycles. The van der Waals surface area contributed by atoms with E-state index in [0.717, 1.165) is 36.2 Å². The molecule has 2 heterocycles. The van der Waals surface area contributed by atoms with E-state index in [2.05, 4.69) is 10.00 Å². The van der Waals surface area contributed by atoms with Crippen LogP contribution in [-0.4, -0.2) is 51.7 Å². The molecule has 2 aromatic carbocycles. The predicted octanol–water partition coefficient (Wildman–Crippen LogP) is 3.37. The number of amides is 1. The van der Waals surface area contributed by atoms with Gasteiger partial charge in [-0.15, -0.1) is 0 Å². The summed E-state index contributed by atoms with van der Waals surface area (Å²) in [6.07, 6.45) is 2.47. The molecule has 0 saturated carbocycles. The third-order valence-electron chi connectivity index (χ3n) is 6.21. The van der Waals surface area contributed by atoms with Gasteiger partial charge in [-0.3, -0.25) is 14.9 Å². The number of piperazine rings is 1. The molecule has 2 aliphatic rings. The zero-order chi connectivity index (χ0) is 22.2. The van der Waals surface area contributed by atoms with Gasteiger partial charge in [0.1, 0.15) is 11.5 Å². The molecule has 0 spiro atoms. The highest BCUT2D eigenvalue weighted by atomic mass is 19.1. The van der Waals surface area contributed by atoms with Gasteiger partial charge in [0.25, 0.3) is 11.6 Å². The number of carbonyl (C=O) groups is 1. The molecule has 1 aliphatic heterocycles. The number of hydrogen-bond acceptors (Lipinski definition) is 5. The van der Waals surface area contributed by atoms with Crippen LogP contribution in [0.4, 0.5) is 15.8 Å². The van der Waals surface area contributed by atoms with Crippen LogP contribution in [0.25, 0.3) is 5.69 Å². The first-order valence-corrected chi connectivity index (χ1v) is 10.7. The zero-order valence-corrected chi connectivity index (χ0v) is 17.4. The molecule has 3 aromatic rings. The molecule has 0 atom stereocenters. The molecule has 0 N–H and O–H groups in total. The summed E-state index contributed by atoms with van der Waals surface area (Å²) in [7, 11) is 0. The fourth-order valence-corrected chi connectivity index (χ4v) is 4.53. The Bertz CT molecular complexity index is 1180. The number of non-ortho nitro benzene ring substituents is 1. The summed E-state index contributed by atoms with van der Waals surface area (Å²) in [4.78, 5) is 27.6. The van der Waals surface area contributed by atoms with E-state index in [0.29, 0.717) is 37.6 Å². The average molecular weight is 435 g/mol. The second kappa shape index (κ2) is 8.07. The number of nitrogens with zero attached hydrogens (tertiary/aromatic N) is 5. The number of nitro groups is 1. The van der Waals surface area contributed by atoms with Crippen LogP contribution in [0.15, 0.2) is 48.5 Å². The molecule has 1 fully saturated rings. The monoisotopic (exact) mass is 435 g/mol. The van der Waals surface area contributed by atoms with Crippen molar-refractivity contribution in [3.63, 3.8) is 0 Å². The first-order valence-electron chi connectivity index (χ1n) is 10.7. The normalized spacial score (nSPS) is 15.7. The molecule has 32 heavy (non-hydrogen) atoms. The zero-order valence-electron chi connectivity index (χ0n) is 17.4. The topological polar surface area (TPSA) is 84.5 Å². The minimum atomic E-state index is -0.417. The fourth-order valence-electron chi connectivity index (χ4n) is 4.53. The first-order chi connectivity index (χ1) is 15.5. The molecule has 9 heteroatoms. The Kier molecular flexibility index (Phi) is 5.08. The van der Waals surface area contributed by atoms with E-state index >= 15 is 0 Å². The summed E-state index contributed by atoms with van der Waals surface area (Å²) in [5.74, 6) is -0.484. The van der Waals surface area contributed by atoms with Crippen molar-refractivity contribution >= 4 is 17.3 Å². The predicted molar refractivity (Wildman–Crippen MR) is 117 cm³/mol. The van der Waals surface area contributed by atoms with Gasteiger partial charge in [-0.2, -0.15) is 5.10 Å². The molecule has 164 valence electrons. The molecule has 1 amide bonds. The maximum atomic E-state index is 14.4. The maximum Gasteiger partial charge on any atom is 0.274 e. The Morgan fingerprint density at radius 3 is 2.41 bits per heavy atom. The molecule has 5 rings (SSSR count). The van der Waals surface area contributed by atoms with Gasteiger partial charge in [0, 0.05) is 55.3 Å². The lowest BCUT2D eigenvalue weighted by Crippen LogP contribution is -2.49. The Hall–Kier alpha value is -3.75. The van der Waals surface area contributed by atoms with Crippen molar-refractivity contribution < 1.29 is 14.1 Å². The number of hydrogen-bond donors (Lipinski definition) is 0. The van der Waals surface area contributed by atoms with Crippen LogP contribution >= 0.6 is 0 Å². The number of halogens is 1. The number of anilines is 1. The number of rotatable bonds is 4. The van der Waals surface area contributed by atoms with E-state index in [4.69, 9.17) is 0 Å². The number of nitro benzene ring substituents is 1. The lowest BCUT2D eigenvalue weighted by atomic mass is 10.1. The highest BCUT2D eigenvalue weighted by molar-refractivity contribution is 5.94. The minimum absolute atomic E-state index is 0.0573. The van der Waals surface area contributed by atoms with Crippen LogP contribution in [-0.2, 0) is 12.8 Å². The Morgan fingerprint density at radius 1 is 1.00 bits per heavy atom. The van der Waals surface area contributed by atoms with Crippen LogP contribution in [0.3, 0.4) is 0 Å². The van der Waals surface area contributed by atoms with E-state index in [9.17, 15) is 19.3 Å². The summed E-state index contributed by atoms with van der Waals surface area (Å²) in [6, 6.07) is 12.9. The summed E-state index contributed by atoms with van der Waals surface area (Å²) >= 11 is 0. The van der Waals surface area contributed by atoms with E-state index in [1.165, 1.54) is 18.2 Å². The van der Waals surface area contributed by atoms with Crippen LogP contribution < -0.4 is 4.90 Å². The van der Waals surface area contributed by atoms with E-state index in [-0.39, 0.29) is 17.4 Å². The van der Waals surface area contributed by atoms with Gasteiger partial charge in [-0.25, -0.2) is 9.07 Å². The van der Waals surface area contributed by atoms with Crippen molar-refractivity contribution in [1.82, 2.24) is 14.7 Å². The van der Waals surface area contributed by atoms with Crippen LogP contribution in [0.1, 0.15) is 28.2 Å². The second-order valence-corrected chi connectivity index (χ2v) is 8.04. The van der Waals surface area contributed by atoms with Gasteiger partial charge in [0.2, 0.25) is 0 Å². The summed E-state index contributed by atoms with van der Waals surface area (Å²) in [6.45, 7) is 2.30. The fraction of sp³-hybridized carbons (Fsp3) is 0.304. The maximum absolute atomic E-state index is 14.4. The van der Waals surface area contributed by atoms with Gasteiger partial charge in [0.05, 0.1) is 4.92 Å². The van der Waals surface area contributed by atoms with Gasteiger partial charge >= 0.3 is 0 Å². The van der Waals surface area contributed by atoms with Crippen molar-refractivity contribution in [2.24, 2.45) is 0 Å². The minimum Gasteiger partial charge on any atom is -0.368 e. The number of benzene rings is 2. The van der Waals surface area contributed by atoms with E-state index < -0.39 is 4.92 Å². The number of carbonyl (C=O) groups excluding carboxylic acids is 1. The molecule has 0 bridgehead atoms. The van der Waals surface area contributed by atoms with Gasteiger partial charge in [-0.05, 0) is 43.5 Å². The Morgan fingerprint density at radius 2 is 1.72 bits per heavy atom. The summed E-state index contributed by atoms with van der Waals surface area (Å²) in [5.41, 5.74) is 3.59. The number of fused-ring (bicyclic) bond motifs is 1. The van der Waals surface area contributed by atoms with Crippen LogP contribution in [0.5, 0.6) is 0 Å². The number of para-hydroxylation sites is 1. The highest BCUT2D eigenvalue weighted by Gasteiger charge is 2.31. The third-order valence-corrected chi connectivity index (χ3v) is 6.21. The highest BCUT2D eigenvalue weighted by Crippen LogP contribution is 2.30. The lowest BCUT2D eigenvalue weighted by molar-refractivity contribution is -0.384. The smallest absolute Gasteiger partial charge is 0.274 e. The van der Waals surface area contributed by atoms with Crippen molar-refractivity contribution in [3.8, 4) is 5.69 Å². The molecule has 0 radical (unpaired) electrons. The summed E-state index contributed by atoms with van der Waals surface area (Å²) in [5, 5.41) is 15.4. The SMILES string of the molecule is O=C(c1nn(-c2ccccc2F)c2c1CCC2)N1CCN(c2ccc([N+](=O)[O-])cc2)CC1. The summed E-state index contributed by atoms with van der Waals surface area (Å²) < 4.78 is 16.0. The van der Waals surface area contributed by atoms with Gasteiger partial charge in [0.15, 0.2) is 5.69 Å².